The van der Waals surface area contributed by atoms with E-state index in [1.54, 1.807) is 42.6 Å². The third-order valence-corrected chi connectivity index (χ3v) is 5.06. The number of nitrogens with one attached hydrogen (secondary N) is 2. The molecule has 170 valence electrons. The monoisotopic (exact) mass is 488 g/mol. The molecule has 0 bridgehead atoms. The van der Waals surface area contributed by atoms with Gasteiger partial charge in [-0.05, 0) is 24.3 Å². The van der Waals surface area contributed by atoms with Crippen molar-refractivity contribution in [1.82, 2.24) is 25.1 Å². The standard InChI is InChI=1S/C21H18Cl2N6O4/c22-13-4-3-5-14(23)17(13)19-27-18-12(10-25-29-18)21(28-19)33-15(11-32-9-8-30)20(31)26-16-6-1-2-7-24-16/h1-7,10,15,30H,8-9,11H2,(H,24,26,31)(H,25,27,28,29)/t15-/m0/s1. The predicted octanol–water partition coefficient (Wildman–Crippen LogP) is 3.12. The van der Waals surface area contributed by atoms with Crippen LogP contribution in [0.2, 0.25) is 10.0 Å². The summed E-state index contributed by atoms with van der Waals surface area (Å²) in [5, 5.41) is 19.6. The second-order valence-corrected chi connectivity index (χ2v) is 7.50. The minimum absolute atomic E-state index is 0.0299. The van der Waals surface area contributed by atoms with Gasteiger partial charge in [-0.15, -0.1) is 0 Å². The zero-order valence-electron chi connectivity index (χ0n) is 17.0. The average molecular weight is 489 g/mol. The molecule has 0 unspecified atom stereocenters. The highest BCUT2D eigenvalue weighted by Crippen LogP contribution is 2.35. The van der Waals surface area contributed by atoms with Gasteiger partial charge in [0.25, 0.3) is 5.91 Å². The molecule has 4 aromatic rings. The highest BCUT2D eigenvalue weighted by atomic mass is 35.5. The maximum Gasteiger partial charge on any atom is 0.269 e. The SMILES string of the molecule is O=C(Nc1ccccn1)[C@H](COCCO)Oc1nc(-c2c(Cl)cccc2Cl)nc2[nH]ncc12. The number of H-pyrrole nitrogens is 1. The van der Waals surface area contributed by atoms with Crippen LogP contribution in [0.25, 0.3) is 22.4 Å². The van der Waals surface area contributed by atoms with Crippen LogP contribution >= 0.6 is 23.2 Å². The van der Waals surface area contributed by atoms with Gasteiger partial charge >= 0.3 is 0 Å². The number of ether oxygens (including phenoxy) is 2. The van der Waals surface area contributed by atoms with Crippen LogP contribution in [0.1, 0.15) is 0 Å². The van der Waals surface area contributed by atoms with Gasteiger partial charge in [0.05, 0.1) is 41.6 Å². The van der Waals surface area contributed by atoms with Crippen LogP contribution in [0.5, 0.6) is 5.88 Å². The Morgan fingerprint density at radius 3 is 2.70 bits per heavy atom. The molecule has 0 aliphatic rings. The summed E-state index contributed by atoms with van der Waals surface area (Å²) in [6.07, 6.45) is 1.90. The maximum absolute atomic E-state index is 12.9. The molecule has 0 saturated carbocycles. The van der Waals surface area contributed by atoms with Crippen molar-refractivity contribution in [2.45, 2.75) is 6.10 Å². The molecule has 12 heteroatoms. The largest absolute Gasteiger partial charge is 0.461 e. The van der Waals surface area contributed by atoms with E-state index in [1.165, 1.54) is 6.20 Å². The van der Waals surface area contributed by atoms with Gasteiger partial charge in [0.1, 0.15) is 11.2 Å². The van der Waals surface area contributed by atoms with Crippen LogP contribution in [0, 0.1) is 0 Å². The smallest absolute Gasteiger partial charge is 0.269 e. The number of carbonyl (C=O) groups excluding carboxylic acids is 1. The Morgan fingerprint density at radius 1 is 1.15 bits per heavy atom. The molecular weight excluding hydrogens is 471 g/mol. The molecule has 10 nitrogen and oxygen atoms in total. The summed E-state index contributed by atoms with van der Waals surface area (Å²) in [7, 11) is 0. The number of rotatable bonds is 9. The predicted molar refractivity (Wildman–Crippen MR) is 122 cm³/mol. The Morgan fingerprint density at radius 2 is 1.97 bits per heavy atom. The second-order valence-electron chi connectivity index (χ2n) is 6.69. The molecular formula is C21H18Cl2N6O4. The van der Waals surface area contributed by atoms with Crippen LogP contribution in [-0.2, 0) is 9.53 Å². The fourth-order valence-corrected chi connectivity index (χ4v) is 3.48. The Kier molecular flexibility index (Phi) is 7.30. The van der Waals surface area contributed by atoms with E-state index in [1.807, 2.05) is 0 Å². The van der Waals surface area contributed by atoms with Crippen molar-refractivity contribution in [1.29, 1.82) is 0 Å². The minimum atomic E-state index is -1.12. The van der Waals surface area contributed by atoms with Gasteiger partial charge in [0, 0.05) is 6.20 Å². The molecule has 4 rings (SSSR count). The molecule has 1 aromatic carbocycles. The number of anilines is 1. The van der Waals surface area contributed by atoms with Gasteiger partial charge in [-0.1, -0.05) is 35.3 Å². The van der Waals surface area contributed by atoms with Crippen LogP contribution in [0.3, 0.4) is 0 Å². The van der Waals surface area contributed by atoms with Crippen molar-refractivity contribution in [2.75, 3.05) is 25.1 Å². The number of amides is 1. The molecule has 3 heterocycles. The third kappa shape index (κ3) is 5.37. The molecule has 0 spiro atoms. The lowest BCUT2D eigenvalue weighted by molar-refractivity contribution is -0.125. The van der Waals surface area contributed by atoms with Crippen molar-refractivity contribution in [3.05, 3.63) is 58.8 Å². The topological polar surface area (TPSA) is 135 Å². The van der Waals surface area contributed by atoms with Crippen LogP contribution in [0.4, 0.5) is 5.82 Å². The highest BCUT2D eigenvalue weighted by molar-refractivity contribution is 6.39. The highest BCUT2D eigenvalue weighted by Gasteiger charge is 2.25. The van der Waals surface area contributed by atoms with Crippen molar-refractivity contribution in [2.24, 2.45) is 0 Å². The molecule has 3 aromatic heterocycles. The number of aliphatic hydroxyl groups excluding tert-OH is 1. The van der Waals surface area contributed by atoms with E-state index in [9.17, 15) is 4.79 Å². The molecule has 0 radical (unpaired) electrons. The molecule has 0 saturated heterocycles. The Labute approximate surface area is 197 Å². The van der Waals surface area contributed by atoms with Gasteiger partial charge < -0.3 is 19.9 Å². The lowest BCUT2D eigenvalue weighted by Crippen LogP contribution is -2.37. The number of aliphatic hydroxyl groups is 1. The van der Waals surface area contributed by atoms with Gasteiger partial charge in [-0.25, -0.2) is 9.97 Å². The first-order chi connectivity index (χ1) is 16.1. The molecule has 1 atom stereocenters. The van der Waals surface area contributed by atoms with E-state index in [-0.39, 0.29) is 31.5 Å². The molecule has 0 aliphatic heterocycles. The first-order valence-corrected chi connectivity index (χ1v) is 10.5. The zero-order chi connectivity index (χ0) is 23.2. The number of hydrogen-bond donors (Lipinski definition) is 3. The summed E-state index contributed by atoms with van der Waals surface area (Å²) in [5.41, 5.74) is 0.777. The number of aromatic nitrogens is 5. The summed E-state index contributed by atoms with van der Waals surface area (Å²) >= 11 is 12.7. The van der Waals surface area contributed by atoms with E-state index >= 15 is 0 Å². The molecule has 3 N–H and O–H groups in total. The number of benzene rings is 1. The van der Waals surface area contributed by atoms with Crippen LogP contribution in [0.15, 0.2) is 48.8 Å². The van der Waals surface area contributed by atoms with Crippen LogP contribution < -0.4 is 10.1 Å². The summed E-state index contributed by atoms with van der Waals surface area (Å²) < 4.78 is 11.3. The minimum Gasteiger partial charge on any atom is -0.461 e. The average Bonchev–Trinajstić information content (AvgIpc) is 3.28. The van der Waals surface area contributed by atoms with Gasteiger partial charge in [-0.2, -0.15) is 10.1 Å². The van der Waals surface area contributed by atoms with Crippen molar-refractivity contribution < 1.29 is 19.4 Å². The number of nitrogens with zero attached hydrogens (tertiary/aromatic N) is 4. The van der Waals surface area contributed by atoms with E-state index in [0.717, 1.165) is 0 Å². The normalized spacial score (nSPS) is 12.0. The number of pyridine rings is 1. The van der Waals surface area contributed by atoms with E-state index in [2.05, 4.69) is 30.5 Å². The molecule has 0 aliphatic carbocycles. The molecule has 1 amide bonds. The third-order valence-electron chi connectivity index (χ3n) is 4.43. The molecule has 33 heavy (non-hydrogen) atoms. The second kappa shape index (κ2) is 10.5. The fraction of sp³-hybridized carbons (Fsp3) is 0.190. The summed E-state index contributed by atoms with van der Waals surface area (Å²) in [4.78, 5) is 25.9. The first kappa shape index (κ1) is 22.9. The summed E-state index contributed by atoms with van der Waals surface area (Å²) in [6, 6.07) is 10.1. The van der Waals surface area contributed by atoms with Gasteiger partial charge in [0.2, 0.25) is 12.0 Å². The quantitative estimate of drug-likeness (QED) is 0.305. The number of fused-ring (bicyclic) bond motifs is 1. The van der Waals surface area contributed by atoms with E-state index in [0.29, 0.717) is 32.5 Å². The van der Waals surface area contributed by atoms with E-state index in [4.69, 9.17) is 37.8 Å². The Hall–Kier alpha value is -3.31. The zero-order valence-corrected chi connectivity index (χ0v) is 18.5. The van der Waals surface area contributed by atoms with Crippen molar-refractivity contribution in [3.8, 4) is 17.3 Å². The summed E-state index contributed by atoms with van der Waals surface area (Å²) in [6.45, 7) is -0.323. The number of hydrogen-bond acceptors (Lipinski definition) is 8. The Balaban J connectivity index is 1.69. The van der Waals surface area contributed by atoms with E-state index < -0.39 is 12.0 Å². The number of aromatic amines is 1. The van der Waals surface area contributed by atoms with Gasteiger partial charge in [0.15, 0.2) is 11.5 Å². The van der Waals surface area contributed by atoms with Crippen molar-refractivity contribution >= 4 is 46.0 Å². The van der Waals surface area contributed by atoms with Gasteiger partial charge in [-0.3, -0.25) is 9.89 Å². The lowest BCUT2D eigenvalue weighted by Gasteiger charge is -2.19. The molecule has 0 fully saturated rings. The number of carbonyl (C=O) groups is 1. The van der Waals surface area contributed by atoms with Crippen LogP contribution in [-0.4, -0.2) is 62.1 Å². The van der Waals surface area contributed by atoms with Crippen molar-refractivity contribution in [3.63, 3.8) is 0 Å². The first-order valence-electron chi connectivity index (χ1n) is 9.79. The summed E-state index contributed by atoms with van der Waals surface area (Å²) in [5.74, 6) is 0.100. The fourth-order valence-electron chi connectivity index (χ4n) is 2.92. The Bertz CT molecular complexity index is 1230. The maximum atomic E-state index is 12.9. The number of halogens is 2. The lowest BCUT2D eigenvalue weighted by atomic mass is 10.2.